The van der Waals surface area contributed by atoms with Gasteiger partial charge < -0.3 is 9.47 Å². The molecule has 0 aromatic heterocycles. The van der Waals surface area contributed by atoms with Crippen molar-refractivity contribution in [1.29, 1.82) is 0 Å². The Labute approximate surface area is 99.0 Å². The smallest absolute Gasteiger partial charge is 0.164 e. The lowest BCUT2D eigenvalue weighted by atomic mass is 10.2. The molecule has 0 aliphatic heterocycles. The Hall–Kier alpha value is -0.960. The van der Waals surface area contributed by atoms with Gasteiger partial charge in [0.1, 0.15) is 6.61 Å². The van der Waals surface area contributed by atoms with Gasteiger partial charge in [-0.15, -0.1) is 0 Å². The monoisotopic (exact) mass is 270 g/mol. The van der Waals surface area contributed by atoms with Gasteiger partial charge in [0.2, 0.25) is 0 Å². The fraction of sp³-hybridized carbons (Fsp3) is 0.333. The molecule has 0 bridgehead atoms. The molecule has 0 aliphatic carbocycles. The Bertz CT molecular complexity index is 359. The maximum atomic E-state index is 5.57. The van der Waals surface area contributed by atoms with E-state index >= 15 is 0 Å². The standard InChI is InChI=1S/C12H15BrO2/c1-4-5-8-15-11-7-6-10(13)9(2)12(11)14-3/h4-7H,8H2,1-3H3/b5-4+. The minimum absolute atomic E-state index is 0.563. The molecule has 0 heterocycles. The Morgan fingerprint density at radius 3 is 2.73 bits per heavy atom. The first kappa shape index (κ1) is 12.1. The van der Waals surface area contributed by atoms with E-state index in [1.165, 1.54) is 0 Å². The Balaban J connectivity index is 2.92. The van der Waals surface area contributed by atoms with E-state index in [-0.39, 0.29) is 0 Å². The summed E-state index contributed by atoms with van der Waals surface area (Å²) in [5.41, 5.74) is 1.05. The van der Waals surface area contributed by atoms with Gasteiger partial charge in [-0.1, -0.05) is 28.1 Å². The molecular formula is C12H15BrO2. The lowest BCUT2D eigenvalue weighted by Crippen LogP contribution is -1.98. The zero-order valence-corrected chi connectivity index (χ0v) is 10.8. The van der Waals surface area contributed by atoms with E-state index in [1.807, 2.05) is 38.1 Å². The predicted molar refractivity (Wildman–Crippen MR) is 65.7 cm³/mol. The van der Waals surface area contributed by atoms with Crippen molar-refractivity contribution in [1.82, 2.24) is 0 Å². The molecule has 0 radical (unpaired) electrons. The molecule has 2 nitrogen and oxygen atoms in total. The summed E-state index contributed by atoms with van der Waals surface area (Å²) in [7, 11) is 1.65. The highest BCUT2D eigenvalue weighted by Gasteiger charge is 2.09. The van der Waals surface area contributed by atoms with Crippen LogP contribution in [0.3, 0.4) is 0 Å². The van der Waals surface area contributed by atoms with Crippen molar-refractivity contribution in [3.8, 4) is 11.5 Å². The first-order valence-electron chi connectivity index (χ1n) is 4.77. The van der Waals surface area contributed by atoms with E-state index in [4.69, 9.17) is 9.47 Å². The summed E-state index contributed by atoms with van der Waals surface area (Å²) in [6.07, 6.45) is 3.91. The first-order valence-corrected chi connectivity index (χ1v) is 5.57. The van der Waals surface area contributed by atoms with Crippen LogP contribution in [-0.2, 0) is 0 Å². The van der Waals surface area contributed by atoms with Crippen LogP contribution in [0.2, 0.25) is 0 Å². The van der Waals surface area contributed by atoms with E-state index in [1.54, 1.807) is 7.11 Å². The van der Waals surface area contributed by atoms with Crippen LogP contribution < -0.4 is 9.47 Å². The van der Waals surface area contributed by atoms with Gasteiger partial charge in [0.05, 0.1) is 7.11 Å². The summed E-state index contributed by atoms with van der Waals surface area (Å²) >= 11 is 3.45. The highest BCUT2D eigenvalue weighted by molar-refractivity contribution is 9.10. The van der Waals surface area contributed by atoms with E-state index in [2.05, 4.69) is 15.9 Å². The molecule has 0 unspecified atom stereocenters. The number of ether oxygens (including phenoxy) is 2. The SMILES string of the molecule is C/C=C/COc1ccc(Br)c(C)c1OC. The number of methoxy groups -OCH3 is 1. The summed E-state index contributed by atoms with van der Waals surface area (Å²) in [5, 5.41) is 0. The van der Waals surface area contributed by atoms with Gasteiger partial charge in [0.25, 0.3) is 0 Å². The van der Waals surface area contributed by atoms with Crippen LogP contribution in [-0.4, -0.2) is 13.7 Å². The third kappa shape index (κ3) is 2.99. The summed E-state index contributed by atoms with van der Waals surface area (Å²) in [6, 6.07) is 3.86. The lowest BCUT2D eigenvalue weighted by Gasteiger charge is -2.12. The molecule has 15 heavy (non-hydrogen) atoms. The highest BCUT2D eigenvalue weighted by atomic mass is 79.9. The normalized spacial score (nSPS) is 10.7. The van der Waals surface area contributed by atoms with Gasteiger partial charge in [-0.25, -0.2) is 0 Å². The van der Waals surface area contributed by atoms with Gasteiger partial charge in [-0.2, -0.15) is 0 Å². The van der Waals surface area contributed by atoms with Crippen molar-refractivity contribution in [2.24, 2.45) is 0 Å². The third-order valence-corrected chi connectivity index (χ3v) is 2.94. The molecule has 0 aliphatic rings. The Morgan fingerprint density at radius 2 is 2.13 bits per heavy atom. The van der Waals surface area contributed by atoms with Crippen molar-refractivity contribution in [2.75, 3.05) is 13.7 Å². The topological polar surface area (TPSA) is 18.5 Å². The van der Waals surface area contributed by atoms with Crippen molar-refractivity contribution in [3.05, 3.63) is 34.3 Å². The van der Waals surface area contributed by atoms with Gasteiger partial charge >= 0.3 is 0 Å². The number of allylic oxidation sites excluding steroid dienone is 1. The molecule has 1 aromatic rings. The third-order valence-electron chi connectivity index (χ3n) is 2.08. The average molecular weight is 271 g/mol. The molecule has 0 N–H and O–H groups in total. The quantitative estimate of drug-likeness (QED) is 0.777. The summed E-state index contributed by atoms with van der Waals surface area (Å²) in [4.78, 5) is 0. The molecule has 0 amide bonds. The molecule has 0 spiro atoms. The number of rotatable bonds is 4. The zero-order chi connectivity index (χ0) is 11.3. The lowest BCUT2D eigenvalue weighted by molar-refractivity contribution is 0.324. The fourth-order valence-corrected chi connectivity index (χ4v) is 1.56. The fourth-order valence-electron chi connectivity index (χ4n) is 1.24. The highest BCUT2D eigenvalue weighted by Crippen LogP contribution is 2.35. The van der Waals surface area contributed by atoms with Crippen LogP contribution in [0.5, 0.6) is 11.5 Å². The minimum atomic E-state index is 0.563. The maximum absolute atomic E-state index is 5.57. The van der Waals surface area contributed by atoms with E-state index < -0.39 is 0 Å². The Kier molecular flexibility index (Phi) is 4.69. The molecule has 0 saturated carbocycles. The van der Waals surface area contributed by atoms with Crippen LogP contribution in [0.1, 0.15) is 12.5 Å². The second kappa shape index (κ2) is 5.81. The number of halogens is 1. The number of hydrogen-bond donors (Lipinski definition) is 0. The summed E-state index contributed by atoms with van der Waals surface area (Å²) in [6.45, 7) is 4.52. The minimum Gasteiger partial charge on any atom is -0.493 e. The van der Waals surface area contributed by atoms with Crippen molar-refractivity contribution in [3.63, 3.8) is 0 Å². The second-order valence-electron chi connectivity index (χ2n) is 3.08. The molecule has 82 valence electrons. The van der Waals surface area contributed by atoms with Gasteiger partial charge in [-0.3, -0.25) is 0 Å². The Morgan fingerprint density at radius 1 is 1.40 bits per heavy atom. The van der Waals surface area contributed by atoms with E-state index in [0.29, 0.717) is 6.61 Å². The molecule has 0 atom stereocenters. The van der Waals surface area contributed by atoms with Gasteiger partial charge in [-0.05, 0) is 26.0 Å². The molecular weight excluding hydrogens is 256 g/mol. The molecule has 0 saturated heterocycles. The van der Waals surface area contributed by atoms with Crippen LogP contribution >= 0.6 is 15.9 Å². The average Bonchev–Trinajstić information content (AvgIpc) is 2.24. The van der Waals surface area contributed by atoms with Gasteiger partial charge in [0.15, 0.2) is 11.5 Å². The van der Waals surface area contributed by atoms with Crippen LogP contribution in [0.25, 0.3) is 0 Å². The van der Waals surface area contributed by atoms with Crippen molar-refractivity contribution >= 4 is 15.9 Å². The number of hydrogen-bond acceptors (Lipinski definition) is 2. The maximum Gasteiger partial charge on any atom is 0.164 e. The van der Waals surface area contributed by atoms with Crippen LogP contribution in [0.15, 0.2) is 28.8 Å². The number of benzene rings is 1. The summed E-state index contributed by atoms with van der Waals surface area (Å²) in [5.74, 6) is 1.56. The first-order chi connectivity index (χ1) is 7.20. The van der Waals surface area contributed by atoms with E-state index in [0.717, 1.165) is 21.5 Å². The largest absolute Gasteiger partial charge is 0.493 e. The summed E-state index contributed by atoms with van der Waals surface area (Å²) < 4.78 is 11.9. The van der Waals surface area contributed by atoms with Gasteiger partial charge in [0, 0.05) is 10.0 Å². The molecule has 0 fully saturated rings. The predicted octanol–water partition coefficient (Wildman–Crippen LogP) is 3.72. The van der Waals surface area contributed by atoms with Crippen molar-refractivity contribution < 1.29 is 9.47 Å². The van der Waals surface area contributed by atoms with E-state index in [9.17, 15) is 0 Å². The van der Waals surface area contributed by atoms with Crippen LogP contribution in [0, 0.1) is 6.92 Å². The molecule has 1 rings (SSSR count). The molecule has 3 heteroatoms. The molecule has 1 aromatic carbocycles. The van der Waals surface area contributed by atoms with Crippen LogP contribution in [0.4, 0.5) is 0 Å². The van der Waals surface area contributed by atoms with Crippen molar-refractivity contribution in [2.45, 2.75) is 13.8 Å². The second-order valence-corrected chi connectivity index (χ2v) is 3.94. The zero-order valence-electron chi connectivity index (χ0n) is 9.21.